The molecule has 1 fully saturated rings. The van der Waals surface area contributed by atoms with Crippen molar-refractivity contribution in [1.29, 1.82) is 0 Å². The minimum Gasteiger partial charge on any atom is -0.464 e. The summed E-state index contributed by atoms with van der Waals surface area (Å²) in [4.78, 5) is 19.5. The summed E-state index contributed by atoms with van der Waals surface area (Å²) in [6.07, 6.45) is 5.35. The third-order valence-corrected chi connectivity index (χ3v) is 3.06. The third kappa shape index (κ3) is 3.40. The van der Waals surface area contributed by atoms with Crippen LogP contribution in [-0.4, -0.2) is 42.7 Å². The van der Waals surface area contributed by atoms with E-state index in [1.165, 1.54) is 13.3 Å². The summed E-state index contributed by atoms with van der Waals surface area (Å²) in [7, 11) is 1.33. The van der Waals surface area contributed by atoms with Crippen LogP contribution in [0.15, 0.2) is 12.4 Å². The van der Waals surface area contributed by atoms with E-state index >= 15 is 0 Å². The van der Waals surface area contributed by atoms with Crippen molar-refractivity contribution in [1.82, 2.24) is 15.3 Å². The first-order valence-electron chi connectivity index (χ1n) is 6.14. The van der Waals surface area contributed by atoms with Crippen LogP contribution in [0.25, 0.3) is 0 Å². The second-order valence-electron chi connectivity index (χ2n) is 4.36. The number of nitrogens with zero attached hydrogens (tertiary/aromatic N) is 2. The zero-order chi connectivity index (χ0) is 12.8. The van der Waals surface area contributed by atoms with Gasteiger partial charge < -0.3 is 15.4 Å². The van der Waals surface area contributed by atoms with Gasteiger partial charge in [-0.1, -0.05) is 0 Å². The molecular formula is C12H18N4O2. The Morgan fingerprint density at radius 2 is 2.28 bits per heavy atom. The molecule has 2 heterocycles. The molecule has 0 amide bonds. The second-order valence-corrected chi connectivity index (χ2v) is 4.36. The molecule has 0 bridgehead atoms. The Balaban J connectivity index is 1.90. The van der Waals surface area contributed by atoms with Gasteiger partial charge in [-0.3, -0.25) is 4.98 Å². The summed E-state index contributed by atoms with van der Waals surface area (Å²) >= 11 is 0. The summed E-state index contributed by atoms with van der Waals surface area (Å²) in [5.41, 5.74) is 0.229. The molecule has 0 spiro atoms. The summed E-state index contributed by atoms with van der Waals surface area (Å²) in [6.45, 7) is 3.00. The molecule has 98 valence electrons. The number of carbonyl (C=O) groups is 1. The molecule has 0 radical (unpaired) electrons. The molecule has 1 aromatic rings. The summed E-state index contributed by atoms with van der Waals surface area (Å²) in [5.74, 6) is 0.805. The molecule has 6 nitrogen and oxygen atoms in total. The van der Waals surface area contributed by atoms with Crippen molar-refractivity contribution in [2.75, 3.05) is 32.1 Å². The Labute approximate surface area is 106 Å². The van der Waals surface area contributed by atoms with Gasteiger partial charge in [-0.05, 0) is 31.8 Å². The molecule has 1 aliphatic heterocycles. The van der Waals surface area contributed by atoms with E-state index < -0.39 is 5.97 Å². The lowest BCUT2D eigenvalue weighted by atomic mass is 9.98. The van der Waals surface area contributed by atoms with Gasteiger partial charge in [0.1, 0.15) is 5.82 Å². The number of carbonyl (C=O) groups excluding carboxylic acids is 1. The SMILES string of the molecule is COC(=O)c1cncc(NCC2CCNCC2)n1. The second kappa shape index (κ2) is 6.30. The van der Waals surface area contributed by atoms with Gasteiger partial charge in [-0.2, -0.15) is 0 Å². The molecule has 1 aliphatic rings. The number of piperidine rings is 1. The average molecular weight is 250 g/mol. The lowest BCUT2D eigenvalue weighted by Crippen LogP contribution is -2.31. The monoisotopic (exact) mass is 250 g/mol. The highest BCUT2D eigenvalue weighted by atomic mass is 16.5. The zero-order valence-electron chi connectivity index (χ0n) is 10.5. The van der Waals surface area contributed by atoms with E-state index in [1.54, 1.807) is 6.20 Å². The van der Waals surface area contributed by atoms with Crippen LogP contribution >= 0.6 is 0 Å². The Morgan fingerprint density at radius 3 is 3.00 bits per heavy atom. The maximum atomic E-state index is 11.3. The Kier molecular flexibility index (Phi) is 4.46. The number of nitrogens with one attached hydrogen (secondary N) is 2. The number of hydrogen-bond acceptors (Lipinski definition) is 6. The van der Waals surface area contributed by atoms with Crippen LogP contribution in [0.1, 0.15) is 23.3 Å². The predicted molar refractivity (Wildman–Crippen MR) is 67.5 cm³/mol. The van der Waals surface area contributed by atoms with Crippen LogP contribution in [0.4, 0.5) is 5.82 Å². The summed E-state index contributed by atoms with van der Waals surface area (Å²) in [6, 6.07) is 0. The number of methoxy groups -OCH3 is 1. The first kappa shape index (κ1) is 12.8. The molecular weight excluding hydrogens is 232 g/mol. The lowest BCUT2D eigenvalue weighted by Gasteiger charge is -2.22. The topological polar surface area (TPSA) is 76.1 Å². The minimum absolute atomic E-state index is 0.229. The maximum absolute atomic E-state index is 11.3. The van der Waals surface area contributed by atoms with E-state index in [4.69, 9.17) is 0 Å². The van der Waals surface area contributed by atoms with E-state index in [0.717, 1.165) is 32.5 Å². The average Bonchev–Trinajstić information content (AvgIpc) is 2.45. The lowest BCUT2D eigenvalue weighted by molar-refractivity contribution is 0.0593. The van der Waals surface area contributed by atoms with Crippen LogP contribution < -0.4 is 10.6 Å². The number of aromatic nitrogens is 2. The molecule has 6 heteroatoms. The van der Waals surface area contributed by atoms with Gasteiger partial charge in [-0.25, -0.2) is 9.78 Å². The number of anilines is 1. The van der Waals surface area contributed by atoms with Crippen molar-refractivity contribution in [3.63, 3.8) is 0 Å². The van der Waals surface area contributed by atoms with E-state index in [1.807, 2.05) is 0 Å². The molecule has 2 N–H and O–H groups in total. The van der Waals surface area contributed by atoms with Crippen LogP contribution in [0.2, 0.25) is 0 Å². The molecule has 0 atom stereocenters. The van der Waals surface area contributed by atoms with Gasteiger partial charge in [0.05, 0.1) is 19.5 Å². The van der Waals surface area contributed by atoms with Crippen LogP contribution in [0.5, 0.6) is 0 Å². The van der Waals surface area contributed by atoms with Gasteiger partial charge in [0, 0.05) is 6.54 Å². The number of hydrogen-bond donors (Lipinski definition) is 2. The fourth-order valence-corrected chi connectivity index (χ4v) is 1.99. The minimum atomic E-state index is -0.465. The predicted octanol–water partition coefficient (Wildman–Crippen LogP) is 0.675. The molecule has 2 rings (SSSR count). The van der Waals surface area contributed by atoms with Crippen molar-refractivity contribution in [2.24, 2.45) is 5.92 Å². The number of ether oxygens (including phenoxy) is 1. The van der Waals surface area contributed by atoms with E-state index in [2.05, 4.69) is 25.3 Å². The number of esters is 1. The van der Waals surface area contributed by atoms with Crippen LogP contribution in [0, 0.1) is 5.92 Å². The van der Waals surface area contributed by atoms with E-state index in [9.17, 15) is 4.79 Å². The zero-order valence-corrected chi connectivity index (χ0v) is 10.5. The third-order valence-electron chi connectivity index (χ3n) is 3.06. The highest BCUT2D eigenvalue weighted by Crippen LogP contribution is 2.12. The highest BCUT2D eigenvalue weighted by Gasteiger charge is 2.13. The quantitative estimate of drug-likeness (QED) is 0.765. The van der Waals surface area contributed by atoms with Gasteiger partial charge in [0.25, 0.3) is 0 Å². The molecule has 1 aromatic heterocycles. The summed E-state index contributed by atoms with van der Waals surface area (Å²) < 4.78 is 4.61. The largest absolute Gasteiger partial charge is 0.464 e. The van der Waals surface area contributed by atoms with Gasteiger partial charge in [0.15, 0.2) is 5.69 Å². The van der Waals surface area contributed by atoms with E-state index in [0.29, 0.717) is 11.7 Å². The van der Waals surface area contributed by atoms with Crippen LogP contribution in [-0.2, 0) is 4.74 Å². The smallest absolute Gasteiger partial charge is 0.358 e. The van der Waals surface area contributed by atoms with Gasteiger partial charge in [0.2, 0.25) is 0 Å². The van der Waals surface area contributed by atoms with Crippen molar-refractivity contribution < 1.29 is 9.53 Å². The Bertz CT molecular complexity index is 405. The highest BCUT2D eigenvalue weighted by molar-refractivity contribution is 5.87. The van der Waals surface area contributed by atoms with Crippen LogP contribution in [0.3, 0.4) is 0 Å². The van der Waals surface area contributed by atoms with Crippen molar-refractivity contribution in [2.45, 2.75) is 12.8 Å². The number of rotatable bonds is 4. The molecule has 18 heavy (non-hydrogen) atoms. The Hall–Kier alpha value is -1.69. The fraction of sp³-hybridized carbons (Fsp3) is 0.583. The molecule has 0 unspecified atom stereocenters. The van der Waals surface area contributed by atoms with Gasteiger partial charge in [-0.15, -0.1) is 0 Å². The van der Waals surface area contributed by atoms with E-state index in [-0.39, 0.29) is 5.69 Å². The summed E-state index contributed by atoms with van der Waals surface area (Å²) in [5, 5.41) is 6.55. The van der Waals surface area contributed by atoms with Crippen molar-refractivity contribution >= 4 is 11.8 Å². The normalized spacial score (nSPS) is 16.3. The molecule has 1 saturated heterocycles. The fourth-order valence-electron chi connectivity index (χ4n) is 1.99. The maximum Gasteiger partial charge on any atom is 0.358 e. The van der Waals surface area contributed by atoms with Crippen molar-refractivity contribution in [3.05, 3.63) is 18.1 Å². The molecule has 0 aliphatic carbocycles. The molecule has 0 saturated carbocycles. The standard InChI is InChI=1S/C12H18N4O2/c1-18-12(17)10-7-14-8-11(16-10)15-6-9-2-4-13-5-3-9/h7-9,13H,2-6H2,1H3,(H,15,16). The molecule has 0 aromatic carbocycles. The van der Waals surface area contributed by atoms with Gasteiger partial charge >= 0.3 is 5.97 Å². The first-order valence-corrected chi connectivity index (χ1v) is 6.14. The Morgan fingerprint density at radius 1 is 1.50 bits per heavy atom. The van der Waals surface area contributed by atoms with Crippen molar-refractivity contribution in [3.8, 4) is 0 Å². The first-order chi connectivity index (χ1) is 8.79.